The second-order valence-electron chi connectivity index (χ2n) is 6.03. The Morgan fingerprint density at radius 1 is 1.48 bits per heavy atom. The van der Waals surface area contributed by atoms with E-state index in [0.29, 0.717) is 38.3 Å². The van der Waals surface area contributed by atoms with Crippen molar-refractivity contribution in [2.45, 2.75) is 44.8 Å². The van der Waals surface area contributed by atoms with Crippen molar-refractivity contribution >= 4 is 17.6 Å². The summed E-state index contributed by atoms with van der Waals surface area (Å²) in [5, 5.41) is 16.0. The zero-order chi connectivity index (χ0) is 17.1. The molecule has 0 saturated carbocycles. The van der Waals surface area contributed by atoms with Gasteiger partial charge in [0.15, 0.2) is 11.1 Å². The summed E-state index contributed by atoms with van der Waals surface area (Å²) in [6, 6.07) is 0. The lowest BCUT2D eigenvalue weighted by atomic mass is 9.93. The number of nitrogens with zero attached hydrogens (tertiary/aromatic N) is 2. The smallest absolute Gasteiger partial charge is 0.331 e. The van der Waals surface area contributed by atoms with Crippen LogP contribution < -0.4 is 5.32 Å². The summed E-state index contributed by atoms with van der Waals surface area (Å²) in [6.07, 6.45) is 3.91. The van der Waals surface area contributed by atoms with E-state index in [1.54, 1.807) is 0 Å². The van der Waals surface area contributed by atoms with E-state index < -0.39 is 17.1 Å². The number of hydrogen-bond donors (Lipinski definition) is 2. The Labute approximate surface area is 134 Å². The van der Waals surface area contributed by atoms with Crippen molar-refractivity contribution in [1.29, 1.82) is 0 Å². The zero-order valence-corrected chi connectivity index (χ0v) is 13.7. The number of nitrogens with one attached hydrogen (secondary N) is 1. The number of amides is 1. The second kappa shape index (κ2) is 6.67. The Bertz CT molecular complexity index is 570. The summed E-state index contributed by atoms with van der Waals surface area (Å²) in [5.74, 6) is -1.26. The number of carboxylic acids is 1. The van der Waals surface area contributed by atoms with E-state index in [1.165, 1.54) is 30.9 Å². The molecule has 1 saturated heterocycles. The quantitative estimate of drug-likeness (QED) is 0.815. The Balaban J connectivity index is 2.13. The Morgan fingerprint density at radius 2 is 2.13 bits per heavy atom. The highest BCUT2D eigenvalue weighted by molar-refractivity contribution is 5.97. The van der Waals surface area contributed by atoms with Gasteiger partial charge in [-0.05, 0) is 20.8 Å². The molecule has 1 aliphatic rings. The van der Waals surface area contributed by atoms with Crippen molar-refractivity contribution in [1.82, 2.24) is 9.78 Å². The third kappa shape index (κ3) is 3.53. The molecule has 0 unspecified atom stereocenters. The average Bonchev–Trinajstić information content (AvgIpc) is 2.97. The largest absolute Gasteiger partial charge is 0.479 e. The molecule has 2 N–H and O–H groups in total. The van der Waals surface area contributed by atoms with Crippen LogP contribution in [-0.2, 0) is 24.6 Å². The highest BCUT2D eigenvalue weighted by Gasteiger charge is 2.41. The van der Waals surface area contributed by atoms with Gasteiger partial charge in [-0.1, -0.05) is 0 Å². The molecule has 1 fully saturated rings. The lowest BCUT2D eigenvalue weighted by molar-refractivity contribution is -0.154. The molecule has 0 radical (unpaired) electrons. The predicted molar refractivity (Wildman–Crippen MR) is 82.2 cm³/mol. The van der Waals surface area contributed by atoms with E-state index in [-0.39, 0.29) is 5.91 Å². The number of rotatable bonds is 6. The number of carbonyl (C=O) groups excluding carboxylic acids is 1. The normalized spacial score (nSPS) is 17.7. The molecule has 1 aliphatic heterocycles. The van der Waals surface area contributed by atoms with E-state index in [0.717, 1.165) is 0 Å². The number of carbonyl (C=O) groups is 2. The van der Waals surface area contributed by atoms with Crippen molar-refractivity contribution in [3.05, 3.63) is 12.4 Å². The molecule has 23 heavy (non-hydrogen) atoms. The minimum atomic E-state index is -1.20. The van der Waals surface area contributed by atoms with Gasteiger partial charge in [-0.25, -0.2) is 4.79 Å². The summed E-state index contributed by atoms with van der Waals surface area (Å²) < 4.78 is 12.3. The standard InChI is InChI=1S/C15H23N3O5/c1-4-23-15(5-7-22-8-6-15)12(19)17-11-9-16-18(10-11)14(2,3)13(20)21/h9-10H,4-8H2,1-3H3,(H,17,19)(H,20,21). The maximum atomic E-state index is 12.6. The predicted octanol–water partition coefficient (Wildman–Crippen LogP) is 1.23. The molecule has 1 amide bonds. The fraction of sp³-hybridized carbons (Fsp3) is 0.667. The number of aromatic nitrogens is 2. The third-order valence-corrected chi connectivity index (χ3v) is 4.07. The van der Waals surface area contributed by atoms with E-state index in [1.807, 2.05) is 6.92 Å². The first-order valence-electron chi connectivity index (χ1n) is 7.63. The Kier molecular flexibility index (Phi) is 5.06. The van der Waals surface area contributed by atoms with Crippen LogP contribution in [0.15, 0.2) is 12.4 Å². The van der Waals surface area contributed by atoms with Gasteiger partial charge >= 0.3 is 5.97 Å². The van der Waals surface area contributed by atoms with Crippen LogP contribution in [0.3, 0.4) is 0 Å². The van der Waals surface area contributed by atoms with Crippen LogP contribution in [0.1, 0.15) is 33.6 Å². The van der Waals surface area contributed by atoms with Crippen LogP contribution in [0, 0.1) is 0 Å². The van der Waals surface area contributed by atoms with Crippen LogP contribution in [0.4, 0.5) is 5.69 Å². The van der Waals surface area contributed by atoms with Crippen molar-refractivity contribution in [2.24, 2.45) is 0 Å². The molecule has 0 spiro atoms. The van der Waals surface area contributed by atoms with Gasteiger partial charge in [0.25, 0.3) is 5.91 Å². The van der Waals surface area contributed by atoms with Crippen LogP contribution in [0.5, 0.6) is 0 Å². The van der Waals surface area contributed by atoms with E-state index >= 15 is 0 Å². The van der Waals surface area contributed by atoms with Crippen LogP contribution in [0.25, 0.3) is 0 Å². The third-order valence-electron chi connectivity index (χ3n) is 4.07. The highest BCUT2D eigenvalue weighted by atomic mass is 16.5. The molecule has 0 bridgehead atoms. The van der Waals surface area contributed by atoms with Gasteiger partial charge in [0.05, 0.1) is 11.9 Å². The number of anilines is 1. The highest BCUT2D eigenvalue weighted by Crippen LogP contribution is 2.27. The molecule has 8 nitrogen and oxygen atoms in total. The Morgan fingerprint density at radius 3 is 2.70 bits per heavy atom. The number of hydrogen-bond acceptors (Lipinski definition) is 5. The number of carboxylic acid groups (broad SMARTS) is 1. The van der Waals surface area contributed by atoms with Crippen molar-refractivity contribution in [3.8, 4) is 0 Å². The fourth-order valence-electron chi connectivity index (χ4n) is 2.45. The molecule has 128 valence electrons. The van der Waals surface area contributed by atoms with E-state index in [2.05, 4.69) is 10.4 Å². The molecule has 0 atom stereocenters. The molecule has 2 heterocycles. The first-order valence-corrected chi connectivity index (χ1v) is 7.63. The second-order valence-corrected chi connectivity index (χ2v) is 6.03. The summed E-state index contributed by atoms with van der Waals surface area (Å²) in [7, 11) is 0. The summed E-state index contributed by atoms with van der Waals surface area (Å²) in [4.78, 5) is 23.9. The van der Waals surface area contributed by atoms with Gasteiger partial charge in [0, 0.05) is 38.9 Å². The molecule has 1 aromatic rings. The first-order chi connectivity index (χ1) is 10.8. The van der Waals surface area contributed by atoms with Gasteiger partial charge in [-0.2, -0.15) is 5.10 Å². The fourth-order valence-corrected chi connectivity index (χ4v) is 2.45. The zero-order valence-electron chi connectivity index (χ0n) is 13.7. The maximum absolute atomic E-state index is 12.6. The average molecular weight is 325 g/mol. The summed E-state index contributed by atoms with van der Waals surface area (Å²) in [5.41, 5.74) is -1.66. The van der Waals surface area contributed by atoms with Crippen LogP contribution in [-0.4, -0.2) is 52.2 Å². The molecular formula is C15H23N3O5. The van der Waals surface area contributed by atoms with Gasteiger partial charge in [-0.3, -0.25) is 9.48 Å². The molecular weight excluding hydrogens is 302 g/mol. The molecule has 8 heteroatoms. The number of ether oxygens (including phenoxy) is 2. The van der Waals surface area contributed by atoms with Crippen LogP contribution >= 0.6 is 0 Å². The maximum Gasteiger partial charge on any atom is 0.331 e. The van der Waals surface area contributed by atoms with Gasteiger partial charge in [0.2, 0.25) is 0 Å². The molecule has 0 aliphatic carbocycles. The van der Waals surface area contributed by atoms with Gasteiger partial charge < -0.3 is 19.9 Å². The van der Waals surface area contributed by atoms with Gasteiger partial charge in [-0.15, -0.1) is 0 Å². The Hall–Kier alpha value is -1.93. The first kappa shape index (κ1) is 17.4. The SMILES string of the molecule is CCOC1(C(=O)Nc2cnn(C(C)(C)C(=O)O)c2)CCOCC1. The molecule has 1 aromatic heterocycles. The van der Waals surface area contributed by atoms with Crippen molar-refractivity contribution < 1.29 is 24.2 Å². The lowest BCUT2D eigenvalue weighted by Crippen LogP contribution is -2.49. The van der Waals surface area contributed by atoms with E-state index in [9.17, 15) is 14.7 Å². The minimum absolute atomic E-state index is 0.254. The lowest BCUT2D eigenvalue weighted by Gasteiger charge is -2.35. The topological polar surface area (TPSA) is 103 Å². The van der Waals surface area contributed by atoms with Crippen molar-refractivity contribution in [2.75, 3.05) is 25.1 Å². The van der Waals surface area contributed by atoms with Crippen molar-refractivity contribution in [3.63, 3.8) is 0 Å². The molecule has 0 aromatic carbocycles. The van der Waals surface area contributed by atoms with Gasteiger partial charge in [0.1, 0.15) is 0 Å². The van der Waals surface area contributed by atoms with Crippen LogP contribution in [0.2, 0.25) is 0 Å². The van der Waals surface area contributed by atoms with E-state index in [4.69, 9.17) is 9.47 Å². The summed E-state index contributed by atoms with van der Waals surface area (Å²) >= 11 is 0. The monoisotopic (exact) mass is 325 g/mol. The summed E-state index contributed by atoms with van der Waals surface area (Å²) in [6.45, 7) is 6.29. The number of aliphatic carboxylic acids is 1. The minimum Gasteiger partial charge on any atom is -0.479 e. The molecule has 2 rings (SSSR count).